The van der Waals surface area contributed by atoms with Gasteiger partial charge in [-0.1, -0.05) is 6.42 Å². The molecule has 2 rings (SSSR count). The Morgan fingerprint density at radius 1 is 1.63 bits per heavy atom. The fourth-order valence-electron chi connectivity index (χ4n) is 2.35. The molecule has 2 heterocycles. The molecule has 1 aliphatic heterocycles. The lowest BCUT2D eigenvalue weighted by Gasteiger charge is -2.33. The first-order valence-electron chi connectivity index (χ1n) is 6.71. The van der Waals surface area contributed by atoms with E-state index < -0.39 is 0 Å². The largest absolute Gasteiger partial charge is 0.461 e. The van der Waals surface area contributed by atoms with E-state index in [1.807, 2.05) is 5.38 Å². The molecule has 0 saturated carbocycles. The monoisotopic (exact) mass is 284 g/mol. The first-order chi connectivity index (χ1) is 9.24. The van der Waals surface area contributed by atoms with Crippen LogP contribution in [0.1, 0.15) is 41.7 Å². The Kier molecular flexibility index (Phi) is 5.30. The summed E-state index contributed by atoms with van der Waals surface area (Å²) in [6.45, 7) is 4.02. The van der Waals surface area contributed by atoms with Crippen LogP contribution in [0.3, 0.4) is 0 Å². The van der Waals surface area contributed by atoms with Gasteiger partial charge in [-0.3, -0.25) is 4.90 Å². The minimum atomic E-state index is -0.351. The molecule has 1 aromatic rings. The number of aliphatic hydroxyl groups excluding tert-OH is 1. The van der Waals surface area contributed by atoms with Crippen LogP contribution in [0, 0.1) is 0 Å². The smallest absolute Gasteiger partial charge is 0.367 e. The van der Waals surface area contributed by atoms with Gasteiger partial charge in [0.15, 0.2) is 0 Å². The van der Waals surface area contributed by atoms with Crippen molar-refractivity contribution in [1.82, 2.24) is 9.88 Å². The van der Waals surface area contributed by atoms with Gasteiger partial charge in [0.05, 0.1) is 18.9 Å². The summed E-state index contributed by atoms with van der Waals surface area (Å²) in [5.41, 5.74) is 0.883. The number of hydrogen-bond acceptors (Lipinski definition) is 6. The summed E-state index contributed by atoms with van der Waals surface area (Å²) >= 11 is 1.32. The van der Waals surface area contributed by atoms with Crippen LogP contribution in [0.5, 0.6) is 0 Å². The molecule has 0 bridgehead atoms. The highest BCUT2D eigenvalue weighted by Gasteiger charge is 2.23. The van der Waals surface area contributed by atoms with Gasteiger partial charge in [-0.15, -0.1) is 11.3 Å². The van der Waals surface area contributed by atoms with Gasteiger partial charge in [0.25, 0.3) is 0 Å². The topological polar surface area (TPSA) is 62.7 Å². The fourth-order valence-corrected chi connectivity index (χ4v) is 3.05. The maximum Gasteiger partial charge on any atom is 0.367 e. The first-order valence-corrected chi connectivity index (χ1v) is 7.59. The number of aliphatic hydroxyl groups is 1. The van der Waals surface area contributed by atoms with Crippen molar-refractivity contribution in [3.05, 3.63) is 16.1 Å². The third kappa shape index (κ3) is 3.75. The number of thiazole rings is 1. The van der Waals surface area contributed by atoms with E-state index in [2.05, 4.69) is 9.88 Å². The standard InChI is InChI=1S/C13H20N2O3S/c1-2-18-13(17)12-14-10(9-19-12)7-15-6-4-3-5-11(15)8-16/h9,11,16H,2-8H2,1H3. The van der Waals surface area contributed by atoms with Crippen LogP contribution >= 0.6 is 11.3 Å². The minimum Gasteiger partial charge on any atom is -0.461 e. The lowest BCUT2D eigenvalue weighted by atomic mass is 10.0. The molecule has 1 aliphatic rings. The van der Waals surface area contributed by atoms with Crippen LogP contribution in [0.2, 0.25) is 0 Å². The Morgan fingerprint density at radius 2 is 2.47 bits per heavy atom. The molecular weight excluding hydrogens is 264 g/mol. The van der Waals surface area contributed by atoms with Crippen LogP contribution in [0.15, 0.2) is 5.38 Å². The van der Waals surface area contributed by atoms with Crippen molar-refractivity contribution in [2.75, 3.05) is 19.8 Å². The SMILES string of the molecule is CCOC(=O)c1nc(CN2CCCCC2CO)cs1. The van der Waals surface area contributed by atoms with Crippen molar-refractivity contribution >= 4 is 17.3 Å². The molecule has 1 atom stereocenters. The normalized spacial score (nSPS) is 20.4. The average molecular weight is 284 g/mol. The number of likely N-dealkylation sites (tertiary alicyclic amines) is 1. The van der Waals surface area contributed by atoms with Crippen LogP contribution < -0.4 is 0 Å². The Hall–Kier alpha value is -0.980. The summed E-state index contributed by atoms with van der Waals surface area (Å²) in [4.78, 5) is 18.1. The van der Waals surface area contributed by atoms with E-state index in [4.69, 9.17) is 4.74 Å². The molecular formula is C13H20N2O3S. The summed E-state index contributed by atoms with van der Waals surface area (Å²) in [5.74, 6) is -0.351. The molecule has 1 unspecified atom stereocenters. The van der Waals surface area contributed by atoms with E-state index >= 15 is 0 Å². The molecule has 0 radical (unpaired) electrons. The van der Waals surface area contributed by atoms with Crippen molar-refractivity contribution in [2.24, 2.45) is 0 Å². The van der Waals surface area contributed by atoms with E-state index in [1.54, 1.807) is 6.92 Å². The molecule has 6 heteroatoms. The van der Waals surface area contributed by atoms with Gasteiger partial charge in [0.1, 0.15) is 0 Å². The zero-order chi connectivity index (χ0) is 13.7. The third-order valence-corrected chi connectivity index (χ3v) is 4.20. The second-order valence-corrected chi connectivity index (χ2v) is 5.53. The summed E-state index contributed by atoms with van der Waals surface area (Å²) in [6, 6.07) is 0.224. The Bertz CT molecular complexity index is 422. The van der Waals surface area contributed by atoms with Gasteiger partial charge < -0.3 is 9.84 Å². The van der Waals surface area contributed by atoms with E-state index in [0.717, 1.165) is 25.1 Å². The fraction of sp³-hybridized carbons (Fsp3) is 0.692. The summed E-state index contributed by atoms with van der Waals surface area (Å²) < 4.78 is 4.93. The maximum absolute atomic E-state index is 11.5. The van der Waals surface area contributed by atoms with E-state index in [0.29, 0.717) is 18.2 Å². The molecule has 19 heavy (non-hydrogen) atoms. The second kappa shape index (κ2) is 6.98. The minimum absolute atomic E-state index is 0.189. The quantitative estimate of drug-likeness (QED) is 0.833. The summed E-state index contributed by atoms with van der Waals surface area (Å²) in [7, 11) is 0. The van der Waals surface area contributed by atoms with Crippen LogP contribution in [0.4, 0.5) is 0 Å². The third-order valence-electron chi connectivity index (χ3n) is 3.33. The number of ether oxygens (including phenoxy) is 1. The molecule has 0 amide bonds. The molecule has 0 aromatic carbocycles. The maximum atomic E-state index is 11.5. The highest BCUT2D eigenvalue weighted by molar-refractivity contribution is 7.11. The Labute approximate surface area is 117 Å². The van der Waals surface area contributed by atoms with E-state index in [1.165, 1.54) is 17.8 Å². The number of esters is 1. The Morgan fingerprint density at radius 3 is 3.21 bits per heavy atom. The van der Waals surface area contributed by atoms with Crippen molar-refractivity contribution in [2.45, 2.75) is 38.8 Å². The van der Waals surface area contributed by atoms with Crippen molar-refractivity contribution < 1.29 is 14.6 Å². The van der Waals surface area contributed by atoms with Gasteiger partial charge in [-0.25, -0.2) is 9.78 Å². The number of nitrogens with zero attached hydrogens (tertiary/aromatic N) is 2. The van der Waals surface area contributed by atoms with Gasteiger partial charge in [0.2, 0.25) is 5.01 Å². The highest BCUT2D eigenvalue weighted by Crippen LogP contribution is 2.20. The summed E-state index contributed by atoms with van der Waals surface area (Å²) in [5, 5.41) is 11.7. The predicted molar refractivity (Wildman–Crippen MR) is 73.2 cm³/mol. The number of hydrogen-bond donors (Lipinski definition) is 1. The Balaban J connectivity index is 1.97. The highest BCUT2D eigenvalue weighted by atomic mass is 32.1. The van der Waals surface area contributed by atoms with E-state index in [9.17, 15) is 9.90 Å². The first kappa shape index (κ1) is 14.4. The van der Waals surface area contributed by atoms with Crippen LogP contribution in [0.25, 0.3) is 0 Å². The van der Waals surface area contributed by atoms with Gasteiger partial charge >= 0.3 is 5.97 Å². The second-order valence-electron chi connectivity index (χ2n) is 4.67. The van der Waals surface area contributed by atoms with Crippen molar-refractivity contribution in [1.29, 1.82) is 0 Å². The molecule has 1 aromatic heterocycles. The number of rotatable bonds is 5. The molecule has 1 N–H and O–H groups in total. The number of carbonyl (C=O) groups is 1. The van der Waals surface area contributed by atoms with Gasteiger partial charge in [-0.2, -0.15) is 0 Å². The van der Waals surface area contributed by atoms with Crippen LogP contribution in [-0.4, -0.2) is 46.8 Å². The molecule has 0 spiro atoms. The van der Waals surface area contributed by atoms with Gasteiger partial charge in [0, 0.05) is 18.0 Å². The van der Waals surface area contributed by atoms with E-state index in [-0.39, 0.29) is 18.6 Å². The zero-order valence-electron chi connectivity index (χ0n) is 11.2. The number of piperidine rings is 1. The van der Waals surface area contributed by atoms with Crippen molar-refractivity contribution in [3.8, 4) is 0 Å². The van der Waals surface area contributed by atoms with Crippen molar-refractivity contribution in [3.63, 3.8) is 0 Å². The molecule has 5 nitrogen and oxygen atoms in total. The lowest BCUT2D eigenvalue weighted by molar-refractivity contribution is 0.0524. The number of carbonyl (C=O) groups excluding carboxylic acids is 1. The van der Waals surface area contributed by atoms with Crippen LogP contribution in [-0.2, 0) is 11.3 Å². The molecule has 106 valence electrons. The molecule has 1 fully saturated rings. The lowest BCUT2D eigenvalue weighted by Crippen LogP contribution is -2.41. The predicted octanol–water partition coefficient (Wildman–Crippen LogP) is 1.67. The number of aromatic nitrogens is 1. The summed E-state index contributed by atoms with van der Waals surface area (Å²) in [6.07, 6.45) is 3.36. The molecule has 1 saturated heterocycles. The van der Waals surface area contributed by atoms with Gasteiger partial charge in [-0.05, 0) is 26.3 Å². The average Bonchev–Trinajstić information content (AvgIpc) is 2.88. The zero-order valence-corrected chi connectivity index (χ0v) is 12.0. The molecule has 0 aliphatic carbocycles.